The topological polar surface area (TPSA) is 67.2 Å². The molecular weight excluding hydrogens is 405 g/mol. The van der Waals surface area contributed by atoms with E-state index in [4.69, 9.17) is 11.6 Å². The van der Waals surface area contributed by atoms with Crippen LogP contribution < -0.4 is 5.32 Å². The third kappa shape index (κ3) is 6.07. The highest BCUT2D eigenvalue weighted by Crippen LogP contribution is 2.23. The number of aromatic nitrogens is 2. The summed E-state index contributed by atoms with van der Waals surface area (Å²) in [5.41, 5.74) is -0.177. The Morgan fingerprint density at radius 3 is 2.77 bits per heavy atom. The first-order chi connectivity index (χ1) is 14.2. The number of imidazole rings is 1. The van der Waals surface area contributed by atoms with E-state index < -0.39 is 5.60 Å². The fraction of sp³-hybridized carbons (Fsp3) is 0.478. The van der Waals surface area contributed by atoms with Crippen molar-refractivity contribution in [2.24, 2.45) is 5.92 Å². The van der Waals surface area contributed by atoms with Crippen molar-refractivity contribution in [3.8, 4) is 11.8 Å². The van der Waals surface area contributed by atoms with Gasteiger partial charge in [0.1, 0.15) is 22.8 Å². The second-order valence-corrected chi connectivity index (χ2v) is 8.66. The number of halogens is 2. The maximum absolute atomic E-state index is 13.6. The summed E-state index contributed by atoms with van der Waals surface area (Å²) in [5.74, 6) is 5.24. The molecule has 3 rings (SSSR count). The van der Waals surface area contributed by atoms with E-state index in [1.54, 1.807) is 26.0 Å². The average Bonchev–Trinajstić information content (AvgIpc) is 3.00. The summed E-state index contributed by atoms with van der Waals surface area (Å²) in [6.07, 6.45) is 5.83. The van der Waals surface area contributed by atoms with Crippen LogP contribution in [0.3, 0.4) is 0 Å². The van der Waals surface area contributed by atoms with Gasteiger partial charge in [-0.25, -0.2) is 9.37 Å². The van der Waals surface area contributed by atoms with E-state index in [-0.39, 0.29) is 34.9 Å². The molecule has 1 aromatic carbocycles. The summed E-state index contributed by atoms with van der Waals surface area (Å²) < 4.78 is 15.2. The SMILES string of the molecule is CC(C)(O)C#Cc1nc(Cl)n(Cc2cccc(F)c2)c1C(=O)NCC1CCCCC1. The van der Waals surface area contributed by atoms with Gasteiger partial charge in [-0.05, 0) is 67.8 Å². The zero-order chi connectivity index (χ0) is 21.7. The van der Waals surface area contributed by atoms with E-state index in [9.17, 15) is 14.3 Å². The molecule has 0 spiro atoms. The second kappa shape index (κ2) is 9.63. The van der Waals surface area contributed by atoms with Gasteiger partial charge in [0.15, 0.2) is 0 Å². The predicted octanol–water partition coefficient (Wildman–Crippen LogP) is 4.16. The number of carbonyl (C=O) groups is 1. The molecular formula is C23H27ClFN3O2. The Morgan fingerprint density at radius 1 is 1.37 bits per heavy atom. The average molecular weight is 432 g/mol. The lowest BCUT2D eigenvalue weighted by atomic mass is 9.89. The minimum absolute atomic E-state index is 0.0853. The van der Waals surface area contributed by atoms with Crippen LogP contribution in [0.15, 0.2) is 24.3 Å². The molecule has 2 N–H and O–H groups in total. The lowest BCUT2D eigenvalue weighted by Gasteiger charge is -2.22. The molecule has 7 heteroatoms. The fourth-order valence-corrected chi connectivity index (χ4v) is 3.86. The Hall–Kier alpha value is -2.36. The molecule has 2 aromatic rings. The van der Waals surface area contributed by atoms with Crippen LogP contribution in [-0.2, 0) is 6.54 Å². The molecule has 0 bridgehead atoms. The van der Waals surface area contributed by atoms with Crippen LogP contribution in [0.5, 0.6) is 0 Å². The molecule has 160 valence electrons. The van der Waals surface area contributed by atoms with Crippen LogP contribution in [0.4, 0.5) is 4.39 Å². The first-order valence-corrected chi connectivity index (χ1v) is 10.6. The van der Waals surface area contributed by atoms with Gasteiger partial charge in [-0.3, -0.25) is 4.79 Å². The van der Waals surface area contributed by atoms with Crippen LogP contribution in [-0.4, -0.2) is 32.7 Å². The largest absolute Gasteiger partial charge is 0.378 e. The van der Waals surface area contributed by atoms with Crippen LogP contribution in [0.25, 0.3) is 0 Å². The van der Waals surface area contributed by atoms with Crippen LogP contribution in [0.2, 0.25) is 5.28 Å². The molecule has 0 radical (unpaired) electrons. The van der Waals surface area contributed by atoms with Gasteiger partial charge in [-0.1, -0.05) is 37.3 Å². The first-order valence-electron chi connectivity index (χ1n) is 10.3. The van der Waals surface area contributed by atoms with Gasteiger partial charge >= 0.3 is 0 Å². The smallest absolute Gasteiger partial charge is 0.270 e. The number of nitrogens with zero attached hydrogens (tertiary/aromatic N) is 2. The molecule has 0 unspecified atom stereocenters. The zero-order valence-corrected chi connectivity index (χ0v) is 18.1. The van der Waals surface area contributed by atoms with E-state index in [2.05, 4.69) is 22.1 Å². The number of nitrogens with one attached hydrogen (secondary N) is 1. The summed E-state index contributed by atoms with van der Waals surface area (Å²) in [5, 5.41) is 13.0. The molecule has 1 heterocycles. The summed E-state index contributed by atoms with van der Waals surface area (Å²) in [6.45, 7) is 3.86. The zero-order valence-electron chi connectivity index (χ0n) is 17.3. The summed E-state index contributed by atoms with van der Waals surface area (Å²) in [4.78, 5) is 17.3. The van der Waals surface area contributed by atoms with Crippen molar-refractivity contribution in [3.05, 3.63) is 52.3 Å². The highest BCUT2D eigenvalue weighted by Gasteiger charge is 2.23. The highest BCUT2D eigenvalue weighted by atomic mass is 35.5. The molecule has 1 saturated carbocycles. The Morgan fingerprint density at radius 2 is 2.10 bits per heavy atom. The third-order valence-electron chi connectivity index (χ3n) is 5.13. The van der Waals surface area contributed by atoms with Crippen LogP contribution in [0, 0.1) is 23.6 Å². The van der Waals surface area contributed by atoms with Gasteiger partial charge in [0.2, 0.25) is 5.28 Å². The van der Waals surface area contributed by atoms with Gasteiger partial charge in [0.05, 0.1) is 6.54 Å². The molecule has 0 atom stereocenters. The molecule has 1 aromatic heterocycles. The molecule has 30 heavy (non-hydrogen) atoms. The number of hydrogen-bond donors (Lipinski definition) is 2. The number of carbonyl (C=O) groups excluding carboxylic acids is 1. The van der Waals surface area contributed by atoms with Crippen LogP contribution in [0.1, 0.15) is 67.7 Å². The lowest BCUT2D eigenvalue weighted by Crippen LogP contribution is -2.32. The minimum Gasteiger partial charge on any atom is -0.378 e. The van der Waals surface area contributed by atoms with E-state index in [1.807, 2.05) is 0 Å². The standard InChI is InChI=1S/C23H27ClFN3O2/c1-23(2,30)12-11-19-20(21(29)26-14-16-7-4-3-5-8-16)28(22(24)27-19)15-17-9-6-10-18(25)13-17/h6,9-10,13,16,30H,3-5,7-8,14-15H2,1-2H3,(H,26,29). The number of amides is 1. The number of benzene rings is 1. The number of rotatable bonds is 5. The van der Waals surface area contributed by atoms with Crippen molar-refractivity contribution in [1.82, 2.24) is 14.9 Å². The Bertz CT molecular complexity index is 963. The maximum atomic E-state index is 13.6. The van der Waals surface area contributed by atoms with Gasteiger partial charge < -0.3 is 15.0 Å². The van der Waals surface area contributed by atoms with E-state index >= 15 is 0 Å². The molecule has 5 nitrogen and oxygen atoms in total. The van der Waals surface area contributed by atoms with Crippen molar-refractivity contribution in [3.63, 3.8) is 0 Å². The normalized spacial score (nSPS) is 14.8. The molecule has 0 saturated heterocycles. The van der Waals surface area contributed by atoms with Gasteiger partial charge in [-0.15, -0.1) is 0 Å². The van der Waals surface area contributed by atoms with Crippen molar-refractivity contribution in [2.75, 3.05) is 6.54 Å². The summed E-state index contributed by atoms with van der Waals surface area (Å²) in [6, 6.07) is 6.11. The molecule has 1 fully saturated rings. The van der Waals surface area contributed by atoms with Crippen molar-refractivity contribution < 1.29 is 14.3 Å². The third-order valence-corrected chi connectivity index (χ3v) is 5.42. The molecule has 1 aliphatic rings. The van der Waals surface area contributed by atoms with Gasteiger partial charge in [0, 0.05) is 6.54 Å². The quantitative estimate of drug-likeness (QED) is 0.698. The summed E-state index contributed by atoms with van der Waals surface area (Å²) >= 11 is 6.33. The summed E-state index contributed by atoms with van der Waals surface area (Å²) in [7, 11) is 0. The van der Waals surface area contributed by atoms with Crippen molar-refractivity contribution >= 4 is 17.5 Å². The van der Waals surface area contributed by atoms with E-state index in [1.165, 1.54) is 36.0 Å². The maximum Gasteiger partial charge on any atom is 0.270 e. The van der Waals surface area contributed by atoms with Gasteiger partial charge in [0.25, 0.3) is 5.91 Å². The Balaban J connectivity index is 1.91. The molecule has 1 amide bonds. The Kier molecular flexibility index (Phi) is 7.17. The monoisotopic (exact) mass is 431 g/mol. The minimum atomic E-state index is -1.24. The lowest BCUT2D eigenvalue weighted by molar-refractivity contribution is 0.0934. The van der Waals surface area contributed by atoms with Gasteiger partial charge in [-0.2, -0.15) is 0 Å². The fourth-order valence-electron chi connectivity index (χ4n) is 3.63. The first kappa shape index (κ1) is 22.3. The van der Waals surface area contributed by atoms with E-state index in [0.717, 1.165) is 12.8 Å². The number of aliphatic hydroxyl groups is 1. The van der Waals surface area contributed by atoms with Crippen molar-refractivity contribution in [2.45, 2.75) is 58.1 Å². The van der Waals surface area contributed by atoms with E-state index in [0.29, 0.717) is 18.0 Å². The predicted molar refractivity (Wildman–Crippen MR) is 115 cm³/mol. The van der Waals surface area contributed by atoms with Crippen LogP contribution >= 0.6 is 11.6 Å². The molecule has 1 aliphatic carbocycles. The highest BCUT2D eigenvalue weighted by molar-refractivity contribution is 6.29. The Labute approximate surface area is 181 Å². The second-order valence-electron chi connectivity index (χ2n) is 8.32. The molecule has 0 aliphatic heterocycles. The van der Waals surface area contributed by atoms with Crippen molar-refractivity contribution in [1.29, 1.82) is 0 Å². The number of hydrogen-bond acceptors (Lipinski definition) is 3.